The Bertz CT molecular complexity index is 5540. The number of rotatable bonds is 11. The van der Waals surface area contributed by atoms with E-state index in [4.69, 9.17) is 0 Å². The highest BCUT2D eigenvalue weighted by Crippen LogP contribution is 2.48. The van der Waals surface area contributed by atoms with Crippen LogP contribution in [0.1, 0.15) is 18.7 Å². The van der Waals surface area contributed by atoms with Crippen LogP contribution in [0.25, 0.3) is 149 Å². The largest absolute Gasteiger partial charge is 0.339 e. The van der Waals surface area contributed by atoms with Gasteiger partial charge in [0.1, 0.15) is 6.07 Å². The molecule has 0 fully saturated rings. The topological polar surface area (TPSA) is 48.4 Å². The second-order valence-electron chi connectivity index (χ2n) is 23.5. The highest BCUT2D eigenvalue weighted by atomic mass is 15.1. The third kappa shape index (κ3) is 8.17. The number of aromatic nitrogens is 5. The molecular formula is C83H58N6. The molecule has 0 saturated carbocycles. The van der Waals surface area contributed by atoms with E-state index in [1.807, 2.05) is 0 Å². The fourth-order valence-corrected chi connectivity index (χ4v) is 14.7. The lowest BCUT2D eigenvalue weighted by atomic mass is 10.0. The second kappa shape index (κ2) is 20.8. The Morgan fingerprint density at radius 3 is 1.11 bits per heavy atom. The van der Waals surface area contributed by atoms with Gasteiger partial charge in [0, 0.05) is 70.7 Å². The van der Waals surface area contributed by atoms with Gasteiger partial charge in [0.25, 0.3) is 0 Å². The van der Waals surface area contributed by atoms with Crippen molar-refractivity contribution in [1.82, 2.24) is 22.8 Å². The molecule has 420 valence electrons. The van der Waals surface area contributed by atoms with E-state index in [9.17, 15) is 5.26 Å². The zero-order chi connectivity index (χ0) is 59.3. The van der Waals surface area contributed by atoms with Gasteiger partial charge in [-0.1, -0.05) is 218 Å². The standard InChI is InChI=1S/C83H58N6/c1-54-48-62-49-59(56-24-6-3-7-25-56)42-45-72(62)85(54)53-81(87-75-38-20-14-32-65(75)66-33-15-21-39-76(66)87)71(52-84)83(89-77-40-22-16-34-67(77)68-35-17-23-41-78(68)89)82(55(2)86-73-36-18-12-30-63(73)64-31-13-19-37-74(64)86)88-79-46-43-60(57-26-8-4-9-27-57)50-69(79)70-51-61(44-47-80(70)88)58-28-10-5-11-29-58/h3-51,55H,53H2,1-2H3/b81-71+,83-82-. The van der Waals surface area contributed by atoms with Crippen LogP contribution in [0.3, 0.4) is 0 Å². The third-order valence-electron chi connectivity index (χ3n) is 18.7. The molecular weight excluding hydrogens is 1080 g/mol. The second-order valence-corrected chi connectivity index (χ2v) is 23.5. The van der Waals surface area contributed by atoms with E-state index in [-0.39, 0.29) is 0 Å². The van der Waals surface area contributed by atoms with E-state index in [2.05, 4.69) is 340 Å². The minimum Gasteiger partial charge on any atom is -0.339 e. The molecule has 0 radical (unpaired) electrons. The summed E-state index contributed by atoms with van der Waals surface area (Å²) in [4.78, 5) is 0. The molecule has 17 aromatic rings. The summed E-state index contributed by atoms with van der Waals surface area (Å²) in [5, 5.41) is 23.4. The summed E-state index contributed by atoms with van der Waals surface area (Å²) in [5.41, 5.74) is 20.5. The van der Waals surface area contributed by atoms with Crippen molar-refractivity contribution < 1.29 is 0 Å². The zero-order valence-electron chi connectivity index (χ0n) is 49.3. The Hall–Kier alpha value is -11.7. The van der Waals surface area contributed by atoms with E-state index in [0.29, 0.717) is 12.1 Å². The van der Waals surface area contributed by atoms with Crippen LogP contribution in [-0.2, 0) is 6.54 Å². The summed E-state index contributed by atoms with van der Waals surface area (Å²) >= 11 is 0. The lowest BCUT2D eigenvalue weighted by Gasteiger charge is -2.29. The van der Waals surface area contributed by atoms with Crippen molar-refractivity contribution in [3.8, 4) is 39.4 Å². The van der Waals surface area contributed by atoms with E-state index >= 15 is 0 Å². The molecule has 0 bridgehead atoms. The molecule has 0 aliphatic heterocycles. The molecule has 1 atom stereocenters. The molecule has 0 saturated heterocycles. The molecule has 12 aromatic carbocycles. The predicted octanol–water partition coefficient (Wildman–Crippen LogP) is 21.6. The van der Waals surface area contributed by atoms with Crippen LogP contribution < -0.4 is 0 Å². The highest BCUT2D eigenvalue weighted by Gasteiger charge is 2.33. The average Bonchev–Trinajstić information content (AvgIpc) is 1.61. The SMILES string of the molecule is Cc1cc2cc(-c3ccccc3)ccc2n1C/C(=C(C#N)\C(=C(/C(C)n1c2ccccc2c2ccccc21)n1c2ccc(-c3ccccc3)cc2c2cc(-c3ccccc3)ccc21)n1c2ccccc2c2ccccc21)n1c2ccccc2c2ccccc21. The molecule has 5 aromatic heterocycles. The fourth-order valence-electron chi connectivity index (χ4n) is 14.7. The molecule has 0 aliphatic carbocycles. The third-order valence-corrected chi connectivity index (χ3v) is 18.7. The zero-order valence-corrected chi connectivity index (χ0v) is 49.3. The molecule has 0 amide bonds. The Morgan fingerprint density at radius 2 is 0.685 bits per heavy atom. The van der Waals surface area contributed by atoms with Gasteiger partial charge in [-0.15, -0.1) is 0 Å². The predicted molar refractivity (Wildman–Crippen MR) is 374 cm³/mol. The van der Waals surface area contributed by atoms with Crippen molar-refractivity contribution in [3.63, 3.8) is 0 Å². The number of hydrogen-bond acceptors (Lipinski definition) is 1. The number of hydrogen-bond donors (Lipinski definition) is 0. The number of para-hydroxylation sites is 6. The first-order chi connectivity index (χ1) is 44.0. The summed E-state index contributed by atoms with van der Waals surface area (Å²) in [6.07, 6.45) is 0. The van der Waals surface area contributed by atoms with Gasteiger partial charge in [-0.2, -0.15) is 5.26 Å². The first kappa shape index (κ1) is 51.7. The summed E-state index contributed by atoms with van der Waals surface area (Å²) in [5.74, 6) is 0. The van der Waals surface area contributed by atoms with Crippen molar-refractivity contribution in [2.24, 2.45) is 0 Å². The molecule has 6 nitrogen and oxygen atoms in total. The first-order valence-corrected chi connectivity index (χ1v) is 30.7. The molecule has 1 unspecified atom stereocenters. The number of nitrogens with zero attached hydrogens (tertiary/aromatic N) is 6. The molecule has 0 N–H and O–H groups in total. The number of benzene rings is 12. The lowest BCUT2D eigenvalue weighted by Crippen LogP contribution is -2.19. The summed E-state index contributed by atoms with van der Waals surface area (Å²) in [6.45, 7) is 4.93. The monoisotopic (exact) mass is 1140 g/mol. The Morgan fingerprint density at radius 1 is 0.337 bits per heavy atom. The molecule has 0 aliphatic rings. The van der Waals surface area contributed by atoms with Crippen LogP contribution >= 0.6 is 0 Å². The Balaban J connectivity index is 1.10. The van der Waals surface area contributed by atoms with Crippen LogP contribution in [-0.4, -0.2) is 22.8 Å². The van der Waals surface area contributed by atoms with Crippen LogP contribution in [0.4, 0.5) is 0 Å². The fraction of sp³-hybridized carbons (Fsp3) is 0.0482. The van der Waals surface area contributed by atoms with Gasteiger partial charge in [-0.3, -0.25) is 0 Å². The molecule has 17 rings (SSSR count). The smallest absolute Gasteiger partial charge is 0.103 e. The first-order valence-electron chi connectivity index (χ1n) is 30.7. The minimum absolute atomic E-state index is 0.358. The minimum atomic E-state index is -0.440. The average molecular weight is 1140 g/mol. The van der Waals surface area contributed by atoms with E-state index in [0.717, 1.165) is 138 Å². The Labute approximate surface area is 514 Å². The summed E-state index contributed by atoms with van der Waals surface area (Å²) < 4.78 is 12.3. The summed E-state index contributed by atoms with van der Waals surface area (Å²) in [7, 11) is 0. The van der Waals surface area contributed by atoms with Crippen molar-refractivity contribution in [2.45, 2.75) is 26.4 Å². The highest BCUT2D eigenvalue weighted by molar-refractivity contribution is 6.18. The number of aryl methyl sites for hydroxylation is 1. The van der Waals surface area contributed by atoms with Gasteiger partial charge >= 0.3 is 0 Å². The van der Waals surface area contributed by atoms with Crippen LogP contribution in [0.2, 0.25) is 0 Å². The Kier molecular flexibility index (Phi) is 12.1. The molecule has 0 spiro atoms. The van der Waals surface area contributed by atoms with Crippen molar-refractivity contribution in [1.29, 1.82) is 5.26 Å². The van der Waals surface area contributed by atoms with Crippen LogP contribution in [0.15, 0.2) is 303 Å². The summed E-state index contributed by atoms with van der Waals surface area (Å²) in [6, 6.07) is 110. The lowest BCUT2D eigenvalue weighted by molar-refractivity contribution is 0.701. The van der Waals surface area contributed by atoms with E-state index in [1.165, 1.54) is 16.3 Å². The number of fused-ring (bicyclic) bond motifs is 13. The molecule has 6 heteroatoms. The number of nitriles is 1. The normalized spacial score (nSPS) is 13.0. The van der Waals surface area contributed by atoms with Crippen LogP contribution in [0.5, 0.6) is 0 Å². The van der Waals surface area contributed by atoms with E-state index in [1.54, 1.807) is 0 Å². The molecule has 89 heavy (non-hydrogen) atoms. The van der Waals surface area contributed by atoms with Crippen LogP contribution in [0, 0.1) is 18.3 Å². The quantitative estimate of drug-likeness (QED) is 0.0940. The van der Waals surface area contributed by atoms with Crippen molar-refractivity contribution in [2.75, 3.05) is 0 Å². The van der Waals surface area contributed by atoms with E-state index < -0.39 is 6.04 Å². The van der Waals surface area contributed by atoms with Gasteiger partial charge < -0.3 is 22.8 Å². The van der Waals surface area contributed by atoms with Gasteiger partial charge in [-0.05, 0) is 126 Å². The van der Waals surface area contributed by atoms with Gasteiger partial charge in [-0.25, -0.2) is 0 Å². The van der Waals surface area contributed by atoms with Gasteiger partial charge in [0.15, 0.2) is 0 Å². The van der Waals surface area contributed by atoms with Gasteiger partial charge in [0.2, 0.25) is 0 Å². The van der Waals surface area contributed by atoms with Crippen molar-refractivity contribution in [3.05, 3.63) is 309 Å². The number of allylic oxidation sites excluding steroid dienone is 4. The molecule has 5 heterocycles. The maximum Gasteiger partial charge on any atom is 0.103 e. The van der Waals surface area contributed by atoms with Gasteiger partial charge in [0.05, 0.1) is 68.4 Å². The maximum atomic E-state index is 13.3. The maximum absolute atomic E-state index is 13.3. The van der Waals surface area contributed by atoms with Crippen molar-refractivity contribution >= 4 is 115 Å².